The van der Waals surface area contributed by atoms with Crippen LogP contribution in [0.2, 0.25) is 0 Å². The van der Waals surface area contributed by atoms with Crippen molar-refractivity contribution < 1.29 is 4.79 Å². The fraction of sp³-hybridized carbons (Fsp3) is 0. The highest BCUT2D eigenvalue weighted by atomic mass is 127. The van der Waals surface area contributed by atoms with Crippen molar-refractivity contribution in [2.75, 3.05) is 5.32 Å². The van der Waals surface area contributed by atoms with Gasteiger partial charge in [-0.2, -0.15) is 0 Å². The summed E-state index contributed by atoms with van der Waals surface area (Å²) in [6, 6.07) is 17.3. The van der Waals surface area contributed by atoms with Crippen LogP contribution >= 0.6 is 33.9 Å². The van der Waals surface area contributed by atoms with Gasteiger partial charge in [-0.25, -0.2) is 4.98 Å². The lowest BCUT2D eigenvalue weighted by molar-refractivity contribution is 0.102. The van der Waals surface area contributed by atoms with Gasteiger partial charge in [-0.05, 0) is 46.9 Å². The quantitative estimate of drug-likeness (QED) is 0.643. The molecule has 3 aromatic rings. The van der Waals surface area contributed by atoms with Gasteiger partial charge in [-0.1, -0.05) is 30.3 Å². The summed E-state index contributed by atoms with van der Waals surface area (Å²) < 4.78 is 1.10. The van der Waals surface area contributed by atoms with Crippen molar-refractivity contribution in [3.63, 3.8) is 0 Å². The maximum Gasteiger partial charge on any atom is 0.257 e. The van der Waals surface area contributed by atoms with Crippen molar-refractivity contribution in [3.05, 3.63) is 69.1 Å². The zero-order valence-corrected chi connectivity index (χ0v) is 13.9. The number of hydrogen-bond donors (Lipinski definition) is 1. The number of nitrogens with zero attached hydrogens (tertiary/aromatic N) is 1. The van der Waals surface area contributed by atoms with Crippen LogP contribution in [-0.2, 0) is 0 Å². The minimum atomic E-state index is -0.139. The first-order valence-corrected chi connectivity index (χ1v) is 8.26. The first-order chi connectivity index (χ1) is 10.2. The highest BCUT2D eigenvalue weighted by molar-refractivity contribution is 14.1. The summed E-state index contributed by atoms with van der Waals surface area (Å²) in [5.74, 6) is -0.139. The Morgan fingerprint density at radius 3 is 2.48 bits per heavy atom. The summed E-state index contributed by atoms with van der Waals surface area (Å²) in [4.78, 5) is 16.6. The molecule has 3 rings (SSSR count). The van der Waals surface area contributed by atoms with Crippen LogP contribution in [0.25, 0.3) is 11.3 Å². The number of rotatable bonds is 3. The predicted octanol–water partition coefficient (Wildman–Crippen LogP) is 4.67. The highest BCUT2D eigenvalue weighted by Crippen LogP contribution is 2.24. The highest BCUT2D eigenvalue weighted by Gasteiger charge is 2.09. The van der Waals surface area contributed by atoms with Crippen LogP contribution in [0.15, 0.2) is 60.0 Å². The monoisotopic (exact) mass is 406 g/mol. The molecule has 0 aliphatic rings. The lowest BCUT2D eigenvalue weighted by atomic mass is 10.2. The van der Waals surface area contributed by atoms with Crippen LogP contribution in [-0.4, -0.2) is 10.9 Å². The fourth-order valence-corrected chi connectivity index (χ4v) is 2.92. The van der Waals surface area contributed by atoms with Gasteiger partial charge in [0, 0.05) is 20.1 Å². The fourth-order valence-electron chi connectivity index (χ4n) is 1.84. The smallest absolute Gasteiger partial charge is 0.257 e. The van der Waals surface area contributed by atoms with Crippen LogP contribution in [0.3, 0.4) is 0 Å². The van der Waals surface area contributed by atoms with Gasteiger partial charge in [-0.3, -0.25) is 10.1 Å². The van der Waals surface area contributed by atoms with E-state index >= 15 is 0 Å². The normalized spacial score (nSPS) is 10.3. The number of aromatic nitrogens is 1. The molecule has 3 nitrogen and oxygen atoms in total. The molecule has 0 fully saturated rings. The van der Waals surface area contributed by atoms with E-state index in [-0.39, 0.29) is 5.91 Å². The summed E-state index contributed by atoms with van der Waals surface area (Å²) in [6.07, 6.45) is 0. The second-order valence-electron chi connectivity index (χ2n) is 4.36. The molecule has 1 heterocycles. The minimum Gasteiger partial charge on any atom is -0.298 e. The Morgan fingerprint density at radius 1 is 1.05 bits per heavy atom. The number of anilines is 1. The molecule has 1 N–H and O–H groups in total. The van der Waals surface area contributed by atoms with Gasteiger partial charge in [0.15, 0.2) is 5.13 Å². The zero-order chi connectivity index (χ0) is 14.7. The average Bonchev–Trinajstić information content (AvgIpc) is 2.97. The largest absolute Gasteiger partial charge is 0.298 e. The number of thiazole rings is 1. The molecule has 1 amide bonds. The Labute approximate surface area is 140 Å². The number of carbonyl (C=O) groups excluding carboxylic acids is 1. The standard InChI is InChI=1S/C16H11IN2OS/c17-13-8-6-12(7-9-13)15(20)19-16-18-14(10-21-16)11-4-2-1-3-5-11/h1-10H,(H,18,19,20). The summed E-state index contributed by atoms with van der Waals surface area (Å²) in [5.41, 5.74) is 2.55. The third-order valence-electron chi connectivity index (χ3n) is 2.90. The summed E-state index contributed by atoms with van der Waals surface area (Å²) in [6.45, 7) is 0. The molecule has 1 aromatic heterocycles. The summed E-state index contributed by atoms with van der Waals surface area (Å²) in [5, 5.41) is 5.39. The van der Waals surface area contributed by atoms with Crippen LogP contribution in [0.4, 0.5) is 5.13 Å². The van der Waals surface area contributed by atoms with Gasteiger partial charge in [-0.15, -0.1) is 11.3 Å². The number of carbonyl (C=O) groups is 1. The van der Waals surface area contributed by atoms with Crippen molar-refractivity contribution in [3.8, 4) is 11.3 Å². The molecule has 0 aliphatic heterocycles. The van der Waals surface area contributed by atoms with E-state index < -0.39 is 0 Å². The lowest BCUT2D eigenvalue weighted by Crippen LogP contribution is -2.11. The van der Waals surface area contributed by atoms with Crippen molar-refractivity contribution in [1.29, 1.82) is 0 Å². The van der Waals surface area contributed by atoms with Crippen molar-refractivity contribution in [1.82, 2.24) is 4.98 Å². The second-order valence-corrected chi connectivity index (χ2v) is 6.47. The van der Waals surface area contributed by atoms with Crippen molar-refractivity contribution >= 4 is 45.0 Å². The Balaban J connectivity index is 1.75. The van der Waals surface area contributed by atoms with Gasteiger partial charge in [0.1, 0.15) is 0 Å². The molecule has 0 radical (unpaired) electrons. The molecule has 0 spiro atoms. The van der Waals surface area contributed by atoms with E-state index in [2.05, 4.69) is 32.9 Å². The zero-order valence-electron chi connectivity index (χ0n) is 10.9. The molecule has 21 heavy (non-hydrogen) atoms. The van der Waals surface area contributed by atoms with Gasteiger partial charge < -0.3 is 0 Å². The topological polar surface area (TPSA) is 42.0 Å². The van der Waals surface area contributed by atoms with E-state index in [4.69, 9.17) is 0 Å². The Morgan fingerprint density at radius 2 is 1.76 bits per heavy atom. The van der Waals surface area contributed by atoms with Crippen LogP contribution in [0.1, 0.15) is 10.4 Å². The average molecular weight is 406 g/mol. The molecule has 2 aromatic carbocycles. The maximum atomic E-state index is 12.1. The molecular formula is C16H11IN2OS. The van der Waals surface area contributed by atoms with Gasteiger partial charge in [0.25, 0.3) is 5.91 Å². The van der Waals surface area contributed by atoms with Gasteiger partial charge >= 0.3 is 0 Å². The van der Waals surface area contributed by atoms with Crippen molar-refractivity contribution in [2.24, 2.45) is 0 Å². The van der Waals surface area contributed by atoms with Crippen LogP contribution < -0.4 is 5.32 Å². The maximum absolute atomic E-state index is 12.1. The number of halogens is 1. The first kappa shape index (κ1) is 14.2. The van der Waals surface area contributed by atoms with Gasteiger partial charge in [0.2, 0.25) is 0 Å². The second kappa shape index (κ2) is 6.36. The third kappa shape index (κ3) is 3.48. The van der Waals surface area contributed by atoms with E-state index in [1.807, 2.05) is 60.0 Å². The predicted molar refractivity (Wildman–Crippen MR) is 94.7 cm³/mol. The summed E-state index contributed by atoms with van der Waals surface area (Å²) in [7, 11) is 0. The molecule has 0 bridgehead atoms. The molecule has 104 valence electrons. The lowest BCUT2D eigenvalue weighted by Gasteiger charge is -2.01. The summed E-state index contributed by atoms with van der Waals surface area (Å²) >= 11 is 3.64. The Bertz CT molecular complexity index is 753. The first-order valence-electron chi connectivity index (χ1n) is 6.30. The van der Waals surface area contributed by atoms with Gasteiger partial charge in [0.05, 0.1) is 5.69 Å². The van der Waals surface area contributed by atoms with Crippen molar-refractivity contribution in [2.45, 2.75) is 0 Å². The Hall–Kier alpha value is -1.73. The Kier molecular flexibility index (Phi) is 4.31. The molecule has 0 saturated heterocycles. The number of benzene rings is 2. The van der Waals surface area contributed by atoms with E-state index in [9.17, 15) is 4.79 Å². The molecular weight excluding hydrogens is 395 g/mol. The van der Waals surface area contributed by atoms with E-state index in [0.29, 0.717) is 10.7 Å². The number of hydrogen-bond acceptors (Lipinski definition) is 3. The van der Waals surface area contributed by atoms with Crippen LogP contribution in [0, 0.1) is 3.57 Å². The number of amides is 1. The minimum absolute atomic E-state index is 0.139. The molecule has 5 heteroatoms. The third-order valence-corrected chi connectivity index (χ3v) is 4.38. The SMILES string of the molecule is O=C(Nc1nc(-c2ccccc2)cs1)c1ccc(I)cc1. The molecule has 0 aliphatic carbocycles. The number of nitrogens with one attached hydrogen (secondary N) is 1. The van der Waals surface area contributed by atoms with E-state index in [1.54, 1.807) is 0 Å². The molecule has 0 atom stereocenters. The van der Waals surface area contributed by atoms with E-state index in [1.165, 1.54) is 11.3 Å². The molecule has 0 unspecified atom stereocenters. The molecule has 0 saturated carbocycles. The van der Waals surface area contributed by atoms with Crippen LogP contribution in [0.5, 0.6) is 0 Å². The van der Waals surface area contributed by atoms with E-state index in [0.717, 1.165) is 14.8 Å².